The van der Waals surface area contributed by atoms with E-state index >= 15 is 0 Å². The first-order valence-corrected chi connectivity index (χ1v) is 12.7. The molecule has 1 aromatic heterocycles. The van der Waals surface area contributed by atoms with Crippen molar-refractivity contribution < 1.29 is 4.79 Å². The van der Waals surface area contributed by atoms with E-state index in [4.69, 9.17) is 5.73 Å². The smallest absolute Gasteiger partial charge is 0.330 e. The topological polar surface area (TPSA) is 108 Å². The predicted molar refractivity (Wildman–Crippen MR) is 141 cm³/mol. The highest BCUT2D eigenvalue weighted by Crippen LogP contribution is 2.19. The molecule has 0 spiro atoms. The number of anilines is 2. The fourth-order valence-corrected chi connectivity index (χ4v) is 4.37. The van der Waals surface area contributed by atoms with E-state index < -0.39 is 11.2 Å². The van der Waals surface area contributed by atoms with Crippen LogP contribution < -0.4 is 21.9 Å². The summed E-state index contributed by atoms with van der Waals surface area (Å²) in [5, 5.41) is 0. The first-order valence-electron chi connectivity index (χ1n) is 12.7. The van der Waals surface area contributed by atoms with Crippen LogP contribution in [0.1, 0.15) is 45.6 Å². The summed E-state index contributed by atoms with van der Waals surface area (Å²) in [4.78, 5) is 46.9. The van der Waals surface area contributed by atoms with Gasteiger partial charge in [0.1, 0.15) is 11.5 Å². The Morgan fingerprint density at radius 3 is 2.43 bits per heavy atom. The summed E-state index contributed by atoms with van der Waals surface area (Å²) in [5.74, 6) is 0.495. The van der Waals surface area contributed by atoms with Gasteiger partial charge in [0.2, 0.25) is 5.91 Å². The molecule has 0 saturated carbocycles. The molecule has 1 amide bonds. The van der Waals surface area contributed by atoms with Crippen LogP contribution in [-0.2, 0) is 17.9 Å². The molecule has 0 atom stereocenters. The molecule has 9 nitrogen and oxygen atoms in total. The molecular weight excluding hydrogens is 444 g/mol. The number of carbonyl (C=O) groups excluding carboxylic acids is 1. The zero-order chi connectivity index (χ0) is 25.4. The number of nitrogen functional groups attached to an aromatic ring is 1. The highest BCUT2D eigenvalue weighted by Gasteiger charge is 2.26. The number of amides is 1. The minimum atomic E-state index is -0.538. The first-order chi connectivity index (χ1) is 16.8. The maximum Gasteiger partial charge on any atom is 0.330 e. The Bertz CT molecular complexity index is 1070. The van der Waals surface area contributed by atoms with Gasteiger partial charge < -0.3 is 15.5 Å². The summed E-state index contributed by atoms with van der Waals surface area (Å²) < 4.78 is 1.41. The van der Waals surface area contributed by atoms with E-state index in [1.165, 1.54) is 10.1 Å². The highest BCUT2D eigenvalue weighted by atomic mass is 16.2. The Morgan fingerprint density at radius 2 is 1.80 bits per heavy atom. The molecule has 1 saturated heterocycles. The zero-order valence-electron chi connectivity index (χ0n) is 21.3. The zero-order valence-corrected chi connectivity index (χ0v) is 21.3. The molecule has 1 fully saturated rings. The van der Waals surface area contributed by atoms with E-state index in [0.717, 1.165) is 38.9 Å². The van der Waals surface area contributed by atoms with Crippen molar-refractivity contribution in [3.63, 3.8) is 0 Å². The molecule has 1 aromatic carbocycles. The van der Waals surface area contributed by atoms with Crippen LogP contribution in [0.2, 0.25) is 0 Å². The van der Waals surface area contributed by atoms with Crippen molar-refractivity contribution in [1.29, 1.82) is 0 Å². The summed E-state index contributed by atoms with van der Waals surface area (Å²) in [7, 11) is 0. The van der Waals surface area contributed by atoms with Gasteiger partial charge in [-0.25, -0.2) is 4.79 Å². The SMILES string of the molecule is CCCCn1c(N)c(N(CCC(C)C)CC(=O)N2CCN(Cc3ccccc3)CC2)c(=O)[nH]c1=O. The lowest BCUT2D eigenvalue weighted by molar-refractivity contribution is -0.131. The number of hydrogen-bond donors (Lipinski definition) is 2. The maximum absolute atomic E-state index is 13.3. The minimum Gasteiger partial charge on any atom is -0.383 e. The third kappa shape index (κ3) is 7.21. The van der Waals surface area contributed by atoms with Gasteiger partial charge in [0.15, 0.2) is 0 Å². The molecule has 9 heteroatoms. The lowest BCUT2D eigenvalue weighted by Crippen LogP contribution is -2.51. The van der Waals surface area contributed by atoms with Crippen LogP contribution in [0.25, 0.3) is 0 Å². The van der Waals surface area contributed by atoms with E-state index in [-0.39, 0.29) is 24.0 Å². The summed E-state index contributed by atoms with van der Waals surface area (Å²) in [6.45, 7) is 11.0. The molecule has 35 heavy (non-hydrogen) atoms. The molecule has 2 aromatic rings. The Morgan fingerprint density at radius 1 is 1.11 bits per heavy atom. The summed E-state index contributed by atoms with van der Waals surface area (Å²) in [6, 6.07) is 10.3. The lowest BCUT2D eigenvalue weighted by Gasteiger charge is -2.36. The Kier molecular flexibility index (Phi) is 9.54. The van der Waals surface area contributed by atoms with Crippen LogP contribution in [-0.4, -0.2) is 64.5 Å². The molecule has 192 valence electrons. The maximum atomic E-state index is 13.3. The molecular formula is C26H40N6O3. The van der Waals surface area contributed by atoms with Crippen molar-refractivity contribution in [2.24, 2.45) is 5.92 Å². The summed E-state index contributed by atoms with van der Waals surface area (Å²) >= 11 is 0. The van der Waals surface area contributed by atoms with Gasteiger partial charge in [-0.05, 0) is 24.3 Å². The Balaban J connectivity index is 1.72. The fraction of sp³-hybridized carbons (Fsp3) is 0.577. The number of nitrogens with two attached hydrogens (primary N) is 1. The first kappa shape index (κ1) is 26.5. The number of benzene rings is 1. The monoisotopic (exact) mass is 484 g/mol. The number of H-pyrrole nitrogens is 1. The molecule has 0 aliphatic carbocycles. The third-order valence-corrected chi connectivity index (χ3v) is 6.54. The minimum absolute atomic E-state index is 0.0294. The second-order valence-corrected chi connectivity index (χ2v) is 9.74. The number of hydrogen-bond acceptors (Lipinski definition) is 6. The van der Waals surface area contributed by atoms with Crippen LogP contribution in [0.3, 0.4) is 0 Å². The average Bonchev–Trinajstić information content (AvgIpc) is 2.83. The highest BCUT2D eigenvalue weighted by molar-refractivity contribution is 5.82. The van der Waals surface area contributed by atoms with Crippen LogP contribution in [0.15, 0.2) is 39.9 Å². The average molecular weight is 485 g/mol. The summed E-state index contributed by atoms with van der Waals surface area (Å²) in [6.07, 6.45) is 2.46. The van der Waals surface area contributed by atoms with Crippen molar-refractivity contribution in [3.8, 4) is 0 Å². The second-order valence-electron chi connectivity index (χ2n) is 9.74. The van der Waals surface area contributed by atoms with Gasteiger partial charge in [-0.3, -0.25) is 24.0 Å². The second kappa shape index (κ2) is 12.6. The van der Waals surface area contributed by atoms with Gasteiger partial charge >= 0.3 is 5.69 Å². The van der Waals surface area contributed by atoms with Gasteiger partial charge in [0.25, 0.3) is 5.56 Å². The summed E-state index contributed by atoms with van der Waals surface area (Å²) in [5.41, 5.74) is 6.79. The predicted octanol–water partition coefficient (Wildman–Crippen LogP) is 2.12. The van der Waals surface area contributed by atoms with Gasteiger partial charge in [-0.15, -0.1) is 0 Å². The van der Waals surface area contributed by atoms with Crippen LogP contribution >= 0.6 is 0 Å². The van der Waals surface area contributed by atoms with E-state index in [1.54, 1.807) is 4.90 Å². The molecule has 2 heterocycles. The Hall–Kier alpha value is -3.07. The third-order valence-electron chi connectivity index (χ3n) is 6.54. The van der Waals surface area contributed by atoms with Gasteiger partial charge in [-0.2, -0.15) is 0 Å². The van der Waals surface area contributed by atoms with Gasteiger partial charge in [-0.1, -0.05) is 57.5 Å². The number of aromatic amines is 1. The fourth-order valence-electron chi connectivity index (χ4n) is 4.37. The van der Waals surface area contributed by atoms with E-state index in [1.807, 2.05) is 30.0 Å². The molecule has 0 unspecified atom stereocenters. The molecule has 0 bridgehead atoms. The van der Waals surface area contributed by atoms with Crippen molar-refractivity contribution in [2.75, 3.05) is 49.9 Å². The number of carbonyl (C=O) groups is 1. The molecule has 1 aliphatic rings. The van der Waals surface area contributed by atoms with E-state index in [0.29, 0.717) is 32.1 Å². The van der Waals surface area contributed by atoms with Crippen molar-refractivity contribution >= 4 is 17.4 Å². The number of unbranched alkanes of at least 4 members (excludes halogenated alkanes) is 1. The standard InChI is InChI=1S/C26H40N6O3/c1-4-5-12-32-24(27)23(25(34)28-26(32)35)31(13-11-20(2)3)19-22(33)30-16-14-29(15-17-30)18-21-9-7-6-8-10-21/h6-10,20H,4-5,11-19,27H2,1-3H3,(H,28,34,35). The molecule has 1 aliphatic heterocycles. The number of piperazine rings is 1. The number of nitrogens with one attached hydrogen (secondary N) is 1. The molecule has 3 rings (SSSR count). The Labute approximate surface area is 207 Å². The number of rotatable bonds is 11. The van der Waals surface area contributed by atoms with Crippen LogP contribution in [0.4, 0.5) is 11.5 Å². The largest absolute Gasteiger partial charge is 0.383 e. The number of aromatic nitrogens is 2. The molecule has 0 radical (unpaired) electrons. The van der Waals surface area contributed by atoms with Crippen LogP contribution in [0.5, 0.6) is 0 Å². The van der Waals surface area contributed by atoms with Gasteiger partial charge in [0.05, 0.1) is 6.54 Å². The van der Waals surface area contributed by atoms with Crippen molar-refractivity contribution in [2.45, 2.75) is 53.1 Å². The number of nitrogens with zero attached hydrogens (tertiary/aromatic N) is 4. The van der Waals surface area contributed by atoms with E-state index in [9.17, 15) is 14.4 Å². The van der Waals surface area contributed by atoms with E-state index in [2.05, 4.69) is 35.9 Å². The normalized spacial score (nSPS) is 14.5. The quantitative estimate of drug-likeness (QED) is 0.506. The van der Waals surface area contributed by atoms with Crippen molar-refractivity contribution in [3.05, 3.63) is 56.7 Å². The lowest BCUT2D eigenvalue weighted by atomic mass is 10.1. The van der Waals surface area contributed by atoms with Crippen LogP contribution in [0, 0.1) is 5.92 Å². The van der Waals surface area contributed by atoms with Crippen molar-refractivity contribution in [1.82, 2.24) is 19.4 Å². The van der Waals surface area contributed by atoms with Gasteiger partial charge in [0, 0.05) is 45.8 Å². The molecule has 3 N–H and O–H groups in total.